The van der Waals surface area contributed by atoms with Gasteiger partial charge in [0.25, 0.3) is 0 Å². The molecule has 0 radical (unpaired) electrons. The van der Waals surface area contributed by atoms with Gasteiger partial charge in [0.1, 0.15) is 0 Å². The van der Waals surface area contributed by atoms with E-state index in [-0.39, 0.29) is 6.04 Å². The highest BCUT2D eigenvalue weighted by atomic mass is 35.5. The summed E-state index contributed by atoms with van der Waals surface area (Å²) in [6.07, 6.45) is 3.65. The first-order valence-corrected chi connectivity index (χ1v) is 8.52. The Morgan fingerprint density at radius 2 is 2.15 bits per heavy atom. The number of rotatable bonds is 3. The van der Waals surface area contributed by atoms with Gasteiger partial charge in [-0.1, -0.05) is 23.2 Å². The molecule has 0 spiro atoms. The van der Waals surface area contributed by atoms with Crippen LogP contribution in [0.4, 0.5) is 0 Å². The SMILES string of the molecule is CNC(c1cc(Cl)ccc1Cl)C1CCCc2sccc21. The quantitative estimate of drug-likeness (QED) is 0.792. The van der Waals surface area contributed by atoms with Gasteiger partial charge < -0.3 is 5.32 Å². The predicted octanol–water partition coefficient (Wildman–Crippen LogP) is 5.44. The predicted molar refractivity (Wildman–Crippen MR) is 88.3 cm³/mol. The average molecular weight is 326 g/mol. The van der Waals surface area contributed by atoms with Crippen LogP contribution in [-0.2, 0) is 6.42 Å². The third-order valence-corrected chi connectivity index (χ3v) is 5.68. The molecule has 1 aliphatic rings. The van der Waals surface area contributed by atoms with Gasteiger partial charge in [-0.05, 0) is 67.1 Å². The van der Waals surface area contributed by atoms with E-state index in [2.05, 4.69) is 16.8 Å². The first-order valence-electron chi connectivity index (χ1n) is 6.89. The van der Waals surface area contributed by atoms with Crippen LogP contribution in [0.25, 0.3) is 0 Å². The molecule has 1 aromatic carbocycles. The third kappa shape index (κ3) is 2.62. The lowest BCUT2D eigenvalue weighted by molar-refractivity contribution is 0.428. The largest absolute Gasteiger partial charge is 0.312 e. The fourth-order valence-electron chi connectivity index (χ4n) is 3.19. The maximum Gasteiger partial charge on any atom is 0.0455 e. The zero-order valence-electron chi connectivity index (χ0n) is 11.3. The van der Waals surface area contributed by atoms with E-state index in [1.54, 1.807) is 0 Å². The summed E-state index contributed by atoms with van der Waals surface area (Å²) in [5, 5.41) is 7.18. The van der Waals surface area contributed by atoms with E-state index in [9.17, 15) is 0 Å². The summed E-state index contributed by atoms with van der Waals surface area (Å²) in [7, 11) is 2.00. The Kier molecular flexibility index (Phi) is 4.37. The molecule has 1 N–H and O–H groups in total. The molecule has 0 saturated heterocycles. The monoisotopic (exact) mass is 325 g/mol. The topological polar surface area (TPSA) is 12.0 Å². The van der Waals surface area contributed by atoms with Crippen molar-refractivity contribution in [1.29, 1.82) is 0 Å². The van der Waals surface area contributed by atoms with Gasteiger partial charge in [-0.25, -0.2) is 0 Å². The summed E-state index contributed by atoms with van der Waals surface area (Å²) in [4.78, 5) is 1.53. The van der Waals surface area contributed by atoms with Gasteiger partial charge in [0.05, 0.1) is 0 Å². The summed E-state index contributed by atoms with van der Waals surface area (Å²) >= 11 is 14.4. The van der Waals surface area contributed by atoms with Gasteiger partial charge in [0.15, 0.2) is 0 Å². The Hall–Kier alpha value is -0.540. The van der Waals surface area contributed by atoms with Gasteiger partial charge in [0.2, 0.25) is 0 Å². The molecular weight excluding hydrogens is 309 g/mol. The highest BCUT2D eigenvalue weighted by Gasteiger charge is 2.30. The van der Waals surface area contributed by atoms with Gasteiger partial charge in [-0.15, -0.1) is 11.3 Å². The Morgan fingerprint density at radius 1 is 1.30 bits per heavy atom. The van der Waals surface area contributed by atoms with Crippen molar-refractivity contribution in [3.05, 3.63) is 55.7 Å². The average Bonchev–Trinajstić information content (AvgIpc) is 2.92. The zero-order chi connectivity index (χ0) is 14.1. The minimum atomic E-state index is 0.217. The van der Waals surface area contributed by atoms with Crippen LogP contribution in [0.3, 0.4) is 0 Å². The molecular formula is C16H17Cl2NS. The number of hydrogen-bond donors (Lipinski definition) is 1. The van der Waals surface area contributed by atoms with Crippen LogP contribution in [0.15, 0.2) is 29.6 Å². The van der Waals surface area contributed by atoms with E-state index >= 15 is 0 Å². The van der Waals surface area contributed by atoms with Crippen molar-refractivity contribution < 1.29 is 0 Å². The third-order valence-electron chi connectivity index (χ3n) is 4.10. The van der Waals surface area contributed by atoms with E-state index in [0.29, 0.717) is 5.92 Å². The van der Waals surface area contributed by atoms with Crippen molar-refractivity contribution in [3.8, 4) is 0 Å². The van der Waals surface area contributed by atoms with Crippen molar-refractivity contribution in [3.63, 3.8) is 0 Å². The molecule has 20 heavy (non-hydrogen) atoms. The standard InChI is InChI=1S/C16H17Cl2NS/c1-19-16(13-9-10(17)5-6-14(13)18)12-3-2-4-15-11(12)7-8-20-15/h5-9,12,16,19H,2-4H2,1H3. The van der Waals surface area contributed by atoms with Crippen LogP contribution in [0.1, 0.15) is 40.8 Å². The molecule has 2 atom stereocenters. The molecule has 1 heterocycles. The highest BCUT2D eigenvalue weighted by Crippen LogP contribution is 2.44. The molecule has 2 unspecified atom stereocenters. The Labute approximate surface area is 133 Å². The molecule has 4 heteroatoms. The molecule has 0 amide bonds. The van der Waals surface area contributed by atoms with Crippen LogP contribution in [0.2, 0.25) is 10.0 Å². The van der Waals surface area contributed by atoms with Gasteiger partial charge >= 0.3 is 0 Å². The van der Waals surface area contributed by atoms with E-state index in [0.717, 1.165) is 15.6 Å². The van der Waals surface area contributed by atoms with E-state index in [1.165, 1.54) is 29.7 Å². The summed E-state index contributed by atoms with van der Waals surface area (Å²) in [6.45, 7) is 0. The zero-order valence-corrected chi connectivity index (χ0v) is 13.7. The number of likely N-dealkylation sites (N-methyl/N-ethyl adjacent to an activating group) is 1. The molecule has 0 bridgehead atoms. The summed E-state index contributed by atoms with van der Waals surface area (Å²) in [5.41, 5.74) is 2.59. The molecule has 106 valence electrons. The number of nitrogens with one attached hydrogen (secondary N) is 1. The molecule has 0 fully saturated rings. The smallest absolute Gasteiger partial charge is 0.0455 e. The maximum absolute atomic E-state index is 6.39. The minimum Gasteiger partial charge on any atom is -0.312 e. The Balaban J connectivity index is 2.01. The molecule has 0 saturated carbocycles. The molecule has 1 aliphatic carbocycles. The molecule has 1 aromatic heterocycles. The van der Waals surface area contributed by atoms with E-state index < -0.39 is 0 Å². The number of aryl methyl sites for hydroxylation is 1. The van der Waals surface area contributed by atoms with E-state index in [1.807, 2.05) is 36.6 Å². The lowest BCUT2D eigenvalue weighted by Crippen LogP contribution is -2.26. The van der Waals surface area contributed by atoms with Crippen molar-refractivity contribution in [2.24, 2.45) is 0 Å². The Morgan fingerprint density at radius 3 is 2.95 bits per heavy atom. The second-order valence-corrected chi connectivity index (χ2v) is 7.07. The molecule has 1 nitrogen and oxygen atoms in total. The summed E-state index contributed by atoms with van der Waals surface area (Å²) < 4.78 is 0. The second kappa shape index (κ2) is 6.07. The lowest BCUT2D eigenvalue weighted by atomic mass is 9.80. The van der Waals surface area contributed by atoms with Crippen molar-refractivity contribution in [2.75, 3.05) is 7.05 Å². The molecule has 0 aliphatic heterocycles. The highest BCUT2D eigenvalue weighted by molar-refractivity contribution is 7.10. The van der Waals surface area contributed by atoms with Crippen LogP contribution < -0.4 is 5.32 Å². The fraction of sp³-hybridized carbons (Fsp3) is 0.375. The van der Waals surface area contributed by atoms with Crippen LogP contribution in [-0.4, -0.2) is 7.05 Å². The van der Waals surface area contributed by atoms with Gasteiger partial charge in [-0.3, -0.25) is 0 Å². The number of halogens is 2. The molecule has 2 aromatic rings. The Bertz CT molecular complexity index is 608. The van der Waals surface area contributed by atoms with Crippen molar-refractivity contribution in [2.45, 2.75) is 31.2 Å². The normalized spacial score (nSPS) is 19.6. The number of hydrogen-bond acceptors (Lipinski definition) is 2. The van der Waals surface area contributed by atoms with Crippen LogP contribution >= 0.6 is 34.5 Å². The van der Waals surface area contributed by atoms with Crippen LogP contribution in [0.5, 0.6) is 0 Å². The number of thiophene rings is 1. The van der Waals surface area contributed by atoms with Crippen molar-refractivity contribution >= 4 is 34.5 Å². The molecule has 3 rings (SSSR count). The van der Waals surface area contributed by atoms with Crippen LogP contribution in [0, 0.1) is 0 Å². The summed E-state index contributed by atoms with van der Waals surface area (Å²) in [5.74, 6) is 0.478. The van der Waals surface area contributed by atoms with Crippen molar-refractivity contribution in [1.82, 2.24) is 5.32 Å². The first-order chi connectivity index (χ1) is 9.70. The van der Waals surface area contributed by atoms with Gasteiger partial charge in [0, 0.05) is 26.9 Å². The fourth-order valence-corrected chi connectivity index (χ4v) is 4.61. The van der Waals surface area contributed by atoms with E-state index in [4.69, 9.17) is 23.2 Å². The first kappa shape index (κ1) is 14.4. The number of benzene rings is 1. The summed E-state index contributed by atoms with van der Waals surface area (Å²) in [6, 6.07) is 8.21. The number of fused-ring (bicyclic) bond motifs is 1. The minimum absolute atomic E-state index is 0.217. The second-order valence-electron chi connectivity index (χ2n) is 5.23. The van der Waals surface area contributed by atoms with Gasteiger partial charge in [-0.2, -0.15) is 0 Å². The maximum atomic E-state index is 6.39. The lowest BCUT2D eigenvalue weighted by Gasteiger charge is -2.31.